The maximum atomic E-state index is 12.8. The molecule has 108 valence electrons. The van der Waals surface area contributed by atoms with Gasteiger partial charge >= 0.3 is 0 Å². The fourth-order valence-electron chi connectivity index (χ4n) is 2.29. The van der Waals surface area contributed by atoms with Crippen molar-refractivity contribution in [1.82, 2.24) is 9.88 Å². The Hall–Kier alpha value is -2.07. The first-order valence-corrected chi connectivity index (χ1v) is 7.29. The SMILES string of the molecule is Nc1ccc(Cl)cc1C(=O)N(Cc1ccccn1)C1CC1. The van der Waals surface area contributed by atoms with Gasteiger partial charge in [0.1, 0.15) is 0 Å². The zero-order valence-corrected chi connectivity index (χ0v) is 12.3. The predicted molar refractivity (Wildman–Crippen MR) is 83.0 cm³/mol. The largest absolute Gasteiger partial charge is 0.398 e. The molecular formula is C16H16ClN3O. The van der Waals surface area contributed by atoms with Gasteiger partial charge in [0.25, 0.3) is 5.91 Å². The molecule has 1 saturated carbocycles. The van der Waals surface area contributed by atoms with Crippen LogP contribution in [0.25, 0.3) is 0 Å². The minimum absolute atomic E-state index is 0.0804. The highest BCUT2D eigenvalue weighted by atomic mass is 35.5. The predicted octanol–water partition coefficient (Wildman–Crippen LogP) is 3.12. The summed E-state index contributed by atoms with van der Waals surface area (Å²) in [5, 5.41) is 0.515. The molecule has 0 unspecified atom stereocenters. The highest BCUT2D eigenvalue weighted by Crippen LogP contribution is 2.31. The summed E-state index contributed by atoms with van der Waals surface area (Å²) in [5.41, 5.74) is 7.71. The summed E-state index contributed by atoms with van der Waals surface area (Å²) in [7, 11) is 0. The van der Waals surface area contributed by atoms with E-state index in [-0.39, 0.29) is 11.9 Å². The summed E-state index contributed by atoms with van der Waals surface area (Å²) in [6, 6.07) is 11.0. The molecule has 1 amide bonds. The Morgan fingerprint density at radius 3 is 2.81 bits per heavy atom. The van der Waals surface area contributed by atoms with E-state index in [1.165, 1.54) is 0 Å². The van der Waals surface area contributed by atoms with Crippen LogP contribution in [-0.4, -0.2) is 21.8 Å². The van der Waals surface area contributed by atoms with E-state index in [1.54, 1.807) is 24.4 Å². The van der Waals surface area contributed by atoms with Gasteiger partial charge in [0, 0.05) is 22.9 Å². The second kappa shape index (κ2) is 5.74. The minimum atomic E-state index is -0.0804. The third-order valence-electron chi connectivity index (χ3n) is 3.55. The maximum Gasteiger partial charge on any atom is 0.256 e. The van der Waals surface area contributed by atoms with Crippen LogP contribution in [0.4, 0.5) is 5.69 Å². The number of pyridine rings is 1. The molecule has 3 rings (SSSR count). The van der Waals surface area contributed by atoms with E-state index in [2.05, 4.69) is 4.98 Å². The molecule has 1 aromatic carbocycles. The fourth-order valence-corrected chi connectivity index (χ4v) is 2.46. The van der Waals surface area contributed by atoms with E-state index in [4.69, 9.17) is 17.3 Å². The average Bonchev–Trinajstić information content (AvgIpc) is 3.32. The first-order chi connectivity index (χ1) is 10.1. The molecule has 0 spiro atoms. The fraction of sp³-hybridized carbons (Fsp3) is 0.250. The number of benzene rings is 1. The molecule has 4 nitrogen and oxygen atoms in total. The third kappa shape index (κ3) is 3.16. The van der Waals surface area contributed by atoms with E-state index in [9.17, 15) is 4.79 Å². The van der Waals surface area contributed by atoms with Crippen LogP contribution < -0.4 is 5.73 Å². The molecule has 1 aromatic heterocycles. The number of anilines is 1. The lowest BCUT2D eigenvalue weighted by molar-refractivity contribution is 0.0729. The van der Waals surface area contributed by atoms with Crippen LogP contribution in [0.15, 0.2) is 42.6 Å². The molecule has 0 saturated heterocycles. The van der Waals surface area contributed by atoms with Crippen LogP contribution in [0.5, 0.6) is 0 Å². The Bertz CT molecular complexity index is 656. The van der Waals surface area contributed by atoms with E-state index in [0.29, 0.717) is 22.8 Å². The summed E-state index contributed by atoms with van der Waals surface area (Å²) in [6.45, 7) is 0.496. The molecule has 5 heteroatoms. The molecule has 2 N–H and O–H groups in total. The van der Waals surface area contributed by atoms with Gasteiger partial charge in [-0.3, -0.25) is 9.78 Å². The number of hydrogen-bond donors (Lipinski definition) is 1. The number of carbonyl (C=O) groups excluding carboxylic acids is 1. The van der Waals surface area contributed by atoms with Crippen LogP contribution >= 0.6 is 11.6 Å². The van der Waals surface area contributed by atoms with Crippen molar-refractivity contribution in [2.24, 2.45) is 0 Å². The summed E-state index contributed by atoms with van der Waals surface area (Å²) in [4.78, 5) is 18.9. The first-order valence-electron chi connectivity index (χ1n) is 6.91. The van der Waals surface area contributed by atoms with Crippen molar-refractivity contribution in [3.63, 3.8) is 0 Å². The summed E-state index contributed by atoms with van der Waals surface area (Å²) < 4.78 is 0. The summed E-state index contributed by atoms with van der Waals surface area (Å²) in [6.07, 6.45) is 3.79. The molecule has 1 heterocycles. The first kappa shape index (κ1) is 13.9. The van der Waals surface area contributed by atoms with Crippen molar-refractivity contribution in [2.75, 3.05) is 5.73 Å². The van der Waals surface area contributed by atoms with Gasteiger partial charge in [-0.05, 0) is 43.2 Å². The zero-order valence-electron chi connectivity index (χ0n) is 11.5. The highest BCUT2D eigenvalue weighted by molar-refractivity contribution is 6.31. The molecule has 0 bridgehead atoms. The smallest absolute Gasteiger partial charge is 0.256 e. The lowest BCUT2D eigenvalue weighted by Crippen LogP contribution is -2.33. The molecule has 0 aliphatic heterocycles. The van der Waals surface area contributed by atoms with Crippen molar-refractivity contribution in [3.05, 3.63) is 58.9 Å². The van der Waals surface area contributed by atoms with Gasteiger partial charge in [-0.15, -0.1) is 0 Å². The highest BCUT2D eigenvalue weighted by Gasteiger charge is 2.34. The van der Waals surface area contributed by atoms with E-state index in [0.717, 1.165) is 18.5 Å². The minimum Gasteiger partial charge on any atom is -0.398 e. The van der Waals surface area contributed by atoms with Crippen LogP contribution in [0.2, 0.25) is 5.02 Å². The lowest BCUT2D eigenvalue weighted by atomic mass is 10.1. The van der Waals surface area contributed by atoms with E-state index in [1.807, 2.05) is 23.1 Å². The number of hydrogen-bond acceptors (Lipinski definition) is 3. The van der Waals surface area contributed by atoms with Gasteiger partial charge in [-0.1, -0.05) is 17.7 Å². The lowest BCUT2D eigenvalue weighted by Gasteiger charge is -2.23. The summed E-state index contributed by atoms with van der Waals surface area (Å²) >= 11 is 5.98. The molecule has 2 aromatic rings. The van der Waals surface area contributed by atoms with Crippen LogP contribution in [-0.2, 0) is 6.54 Å². The van der Waals surface area contributed by atoms with Crippen LogP contribution in [0.3, 0.4) is 0 Å². The molecule has 1 fully saturated rings. The standard InChI is InChI=1S/C16H16ClN3O/c17-11-4-7-15(18)14(9-11)16(21)20(13-5-6-13)10-12-3-1-2-8-19-12/h1-4,7-9,13H,5-6,10,18H2. The third-order valence-corrected chi connectivity index (χ3v) is 3.79. The van der Waals surface area contributed by atoms with Crippen LogP contribution in [0.1, 0.15) is 28.9 Å². The second-order valence-electron chi connectivity index (χ2n) is 5.22. The molecule has 1 aliphatic rings. The monoisotopic (exact) mass is 301 g/mol. The number of nitrogen functional groups attached to an aromatic ring is 1. The normalized spacial score (nSPS) is 14.0. The van der Waals surface area contributed by atoms with Gasteiger partial charge in [-0.2, -0.15) is 0 Å². The number of nitrogens with two attached hydrogens (primary N) is 1. The number of rotatable bonds is 4. The number of aromatic nitrogens is 1. The van der Waals surface area contributed by atoms with Crippen molar-refractivity contribution in [1.29, 1.82) is 0 Å². The van der Waals surface area contributed by atoms with Gasteiger partial charge < -0.3 is 10.6 Å². The molecule has 0 atom stereocenters. The van der Waals surface area contributed by atoms with E-state index < -0.39 is 0 Å². The van der Waals surface area contributed by atoms with Gasteiger partial charge in [-0.25, -0.2) is 0 Å². The van der Waals surface area contributed by atoms with Gasteiger partial charge in [0.15, 0.2) is 0 Å². The van der Waals surface area contributed by atoms with E-state index >= 15 is 0 Å². The van der Waals surface area contributed by atoms with Gasteiger partial charge in [0.2, 0.25) is 0 Å². The Morgan fingerprint density at radius 2 is 2.14 bits per heavy atom. The maximum absolute atomic E-state index is 12.8. The van der Waals surface area contributed by atoms with Crippen molar-refractivity contribution >= 4 is 23.2 Å². The Labute approximate surface area is 128 Å². The topological polar surface area (TPSA) is 59.2 Å². The average molecular weight is 302 g/mol. The van der Waals surface area contributed by atoms with Gasteiger partial charge in [0.05, 0.1) is 17.8 Å². The number of halogens is 1. The zero-order chi connectivity index (χ0) is 14.8. The summed E-state index contributed by atoms with van der Waals surface area (Å²) in [5.74, 6) is -0.0804. The van der Waals surface area contributed by atoms with Crippen molar-refractivity contribution < 1.29 is 4.79 Å². The Kier molecular flexibility index (Phi) is 3.80. The molecule has 21 heavy (non-hydrogen) atoms. The number of carbonyl (C=O) groups is 1. The number of amides is 1. The van der Waals surface area contributed by atoms with Crippen molar-refractivity contribution in [2.45, 2.75) is 25.4 Å². The molecular weight excluding hydrogens is 286 g/mol. The van der Waals surface area contributed by atoms with Crippen molar-refractivity contribution in [3.8, 4) is 0 Å². The molecule has 1 aliphatic carbocycles. The van der Waals surface area contributed by atoms with Crippen LogP contribution in [0, 0.1) is 0 Å². The Balaban J connectivity index is 1.87. The number of nitrogens with zero attached hydrogens (tertiary/aromatic N) is 2. The Morgan fingerprint density at radius 1 is 1.33 bits per heavy atom. The second-order valence-corrected chi connectivity index (χ2v) is 5.65. The quantitative estimate of drug-likeness (QED) is 0.883. The molecule has 0 radical (unpaired) electrons.